The first-order valence-corrected chi connectivity index (χ1v) is 13.7. The van der Waals surface area contributed by atoms with Gasteiger partial charge < -0.3 is 9.47 Å². The second kappa shape index (κ2) is 8.56. The topological polar surface area (TPSA) is 18.5 Å². The first kappa shape index (κ1) is 21.0. The molecule has 0 fully saturated rings. The van der Waals surface area contributed by atoms with E-state index in [1.807, 2.05) is 34.0 Å². The number of methoxy groups -OCH3 is 2. The van der Waals surface area contributed by atoms with E-state index in [0.29, 0.717) is 0 Å². The van der Waals surface area contributed by atoms with Crippen LogP contribution in [0, 0.1) is 13.8 Å². The number of aryl methyl sites for hydroxylation is 2. The van der Waals surface area contributed by atoms with Crippen LogP contribution in [0.2, 0.25) is 0 Å². The van der Waals surface area contributed by atoms with Crippen LogP contribution in [0.15, 0.2) is 48.5 Å². The first-order chi connectivity index (χ1) is 15.1. The Balaban J connectivity index is 1.42. The molecule has 7 heteroatoms. The molecule has 0 spiro atoms. The summed E-state index contributed by atoms with van der Waals surface area (Å²) in [5.74, 6) is 1.93. The Labute approximate surface area is 202 Å². The molecule has 0 bridgehead atoms. The standard InChI is InChI=1S/C24H20O2S5/c1-13-11-15(25-3)23(27-13)21-9-7-19(30-21)17-5-6-18(29-17)20-8-10-22(31-20)24-16(26-4)12-14(2)28-24/h5-12H,1-4H3. The molecule has 0 saturated carbocycles. The molecule has 0 aliphatic carbocycles. The van der Waals surface area contributed by atoms with Crippen LogP contribution in [0.5, 0.6) is 11.5 Å². The predicted octanol–water partition coefficient (Wildman–Crippen LogP) is 9.30. The number of hydrogen-bond donors (Lipinski definition) is 0. The monoisotopic (exact) mass is 500 g/mol. The third-order valence-corrected chi connectivity index (χ3v) is 10.9. The first-order valence-electron chi connectivity index (χ1n) is 9.65. The van der Waals surface area contributed by atoms with Gasteiger partial charge in [-0.25, -0.2) is 0 Å². The van der Waals surface area contributed by atoms with Gasteiger partial charge in [0.15, 0.2) is 0 Å². The van der Waals surface area contributed by atoms with Crippen molar-refractivity contribution in [3.05, 3.63) is 58.3 Å². The van der Waals surface area contributed by atoms with Gasteiger partial charge in [-0.2, -0.15) is 0 Å². The third-order valence-electron chi connectivity index (χ3n) is 4.83. The third kappa shape index (κ3) is 4.01. The van der Waals surface area contributed by atoms with E-state index in [0.717, 1.165) is 11.5 Å². The molecule has 0 aliphatic rings. The zero-order chi connectivity index (χ0) is 21.5. The highest BCUT2D eigenvalue weighted by Crippen LogP contribution is 2.47. The van der Waals surface area contributed by atoms with Crippen molar-refractivity contribution in [1.29, 1.82) is 0 Å². The molecule has 5 aromatic heterocycles. The van der Waals surface area contributed by atoms with E-state index in [4.69, 9.17) is 9.47 Å². The van der Waals surface area contributed by atoms with Gasteiger partial charge in [0, 0.05) is 39.0 Å². The van der Waals surface area contributed by atoms with Crippen LogP contribution in [0.4, 0.5) is 0 Å². The van der Waals surface area contributed by atoms with Crippen LogP contribution < -0.4 is 9.47 Å². The van der Waals surface area contributed by atoms with Gasteiger partial charge in [0.1, 0.15) is 11.5 Å². The second-order valence-electron chi connectivity index (χ2n) is 7.00. The highest BCUT2D eigenvalue weighted by Gasteiger charge is 2.16. The number of rotatable bonds is 6. The molecular weight excluding hydrogens is 481 g/mol. The van der Waals surface area contributed by atoms with Crippen LogP contribution in [-0.2, 0) is 0 Å². The summed E-state index contributed by atoms with van der Waals surface area (Å²) in [5.41, 5.74) is 0. The van der Waals surface area contributed by atoms with Crippen LogP contribution in [0.3, 0.4) is 0 Å². The fraction of sp³-hybridized carbons (Fsp3) is 0.167. The minimum atomic E-state index is 0.966. The molecule has 5 heterocycles. The van der Waals surface area contributed by atoms with E-state index in [1.54, 1.807) is 36.9 Å². The van der Waals surface area contributed by atoms with Gasteiger partial charge in [-0.05, 0) is 62.4 Å². The normalized spacial score (nSPS) is 11.2. The van der Waals surface area contributed by atoms with Crippen LogP contribution in [0.1, 0.15) is 9.75 Å². The summed E-state index contributed by atoms with van der Waals surface area (Å²) in [6.07, 6.45) is 0. The summed E-state index contributed by atoms with van der Waals surface area (Å²) >= 11 is 9.09. The van der Waals surface area contributed by atoms with Gasteiger partial charge in [0.25, 0.3) is 0 Å². The van der Waals surface area contributed by atoms with E-state index in [-0.39, 0.29) is 0 Å². The van der Waals surface area contributed by atoms with Gasteiger partial charge >= 0.3 is 0 Å². The van der Waals surface area contributed by atoms with Gasteiger partial charge in [0.05, 0.1) is 24.0 Å². The van der Waals surface area contributed by atoms with E-state index in [9.17, 15) is 0 Å². The molecule has 0 aliphatic heterocycles. The lowest BCUT2D eigenvalue weighted by Crippen LogP contribution is -1.79. The quantitative estimate of drug-likeness (QED) is 0.231. The highest BCUT2D eigenvalue weighted by atomic mass is 32.1. The molecule has 2 nitrogen and oxygen atoms in total. The molecular formula is C24H20O2S5. The minimum absolute atomic E-state index is 0.966. The molecule has 5 rings (SSSR count). The summed E-state index contributed by atoms with van der Waals surface area (Å²) < 4.78 is 11.1. The van der Waals surface area contributed by atoms with Crippen molar-refractivity contribution >= 4 is 56.7 Å². The Kier molecular flexibility index (Phi) is 5.79. The maximum atomic E-state index is 5.57. The van der Waals surface area contributed by atoms with Crippen molar-refractivity contribution in [3.8, 4) is 50.5 Å². The number of thiophene rings is 5. The Morgan fingerprint density at radius 2 is 0.806 bits per heavy atom. The van der Waals surface area contributed by atoms with Crippen molar-refractivity contribution in [2.75, 3.05) is 14.2 Å². The molecule has 0 atom stereocenters. The maximum absolute atomic E-state index is 5.57. The average molecular weight is 501 g/mol. The fourth-order valence-electron chi connectivity index (χ4n) is 3.42. The molecule has 5 aromatic rings. The number of ether oxygens (including phenoxy) is 2. The van der Waals surface area contributed by atoms with Gasteiger partial charge in [-0.1, -0.05) is 0 Å². The Morgan fingerprint density at radius 1 is 0.484 bits per heavy atom. The Hall–Kier alpha value is -1.90. The molecule has 0 unspecified atom stereocenters. The van der Waals surface area contributed by atoms with Crippen molar-refractivity contribution in [1.82, 2.24) is 0 Å². The number of hydrogen-bond acceptors (Lipinski definition) is 7. The molecule has 158 valence electrons. The second-order valence-corrected chi connectivity index (χ2v) is 12.8. The van der Waals surface area contributed by atoms with Crippen LogP contribution in [0.25, 0.3) is 39.0 Å². The van der Waals surface area contributed by atoms with Crippen molar-refractivity contribution in [2.45, 2.75) is 13.8 Å². The summed E-state index contributed by atoms with van der Waals surface area (Å²) in [7, 11) is 3.49. The summed E-state index contributed by atoms with van der Waals surface area (Å²) in [4.78, 5) is 12.7. The van der Waals surface area contributed by atoms with Crippen LogP contribution in [-0.4, -0.2) is 14.2 Å². The minimum Gasteiger partial charge on any atom is -0.495 e. The Bertz CT molecular complexity index is 1240. The summed E-state index contributed by atoms with van der Waals surface area (Å²) in [6, 6.07) is 17.6. The van der Waals surface area contributed by atoms with E-state index in [1.165, 1.54) is 48.8 Å². The lowest BCUT2D eigenvalue weighted by atomic mass is 10.3. The zero-order valence-corrected chi connectivity index (χ0v) is 21.6. The van der Waals surface area contributed by atoms with E-state index >= 15 is 0 Å². The molecule has 31 heavy (non-hydrogen) atoms. The lowest BCUT2D eigenvalue weighted by Gasteiger charge is -1.98. The smallest absolute Gasteiger partial charge is 0.138 e. The SMILES string of the molecule is COc1cc(C)sc1-c1ccc(-c2ccc(-c3ccc(-c4sc(C)cc4OC)s3)s2)s1. The van der Waals surface area contributed by atoms with Crippen molar-refractivity contribution in [3.63, 3.8) is 0 Å². The molecule has 0 radical (unpaired) electrons. The highest BCUT2D eigenvalue weighted by molar-refractivity contribution is 7.29. The van der Waals surface area contributed by atoms with E-state index in [2.05, 4.69) is 62.4 Å². The average Bonchev–Trinajstić information content (AvgIpc) is 3.56. The van der Waals surface area contributed by atoms with Crippen molar-refractivity contribution in [2.24, 2.45) is 0 Å². The molecule has 0 amide bonds. The largest absolute Gasteiger partial charge is 0.495 e. The van der Waals surface area contributed by atoms with Gasteiger partial charge in [0.2, 0.25) is 0 Å². The molecule has 0 aromatic carbocycles. The molecule has 0 saturated heterocycles. The summed E-state index contributed by atoms with van der Waals surface area (Å²) in [6.45, 7) is 4.25. The summed E-state index contributed by atoms with van der Waals surface area (Å²) in [5, 5.41) is 0. The van der Waals surface area contributed by atoms with E-state index < -0.39 is 0 Å². The van der Waals surface area contributed by atoms with Crippen LogP contribution >= 0.6 is 56.7 Å². The Morgan fingerprint density at radius 3 is 1.16 bits per heavy atom. The zero-order valence-electron chi connectivity index (χ0n) is 17.5. The van der Waals surface area contributed by atoms with Crippen molar-refractivity contribution < 1.29 is 9.47 Å². The fourth-order valence-corrected chi connectivity index (χ4v) is 8.80. The van der Waals surface area contributed by atoms with Gasteiger partial charge in [-0.15, -0.1) is 56.7 Å². The van der Waals surface area contributed by atoms with Gasteiger partial charge in [-0.3, -0.25) is 0 Å². The lowest BCUT2D eigenvalue weighted by molar-refractivity contribution is 0.418. The predicted molar refractivity (Wildman–Crippen MR) is 140 cm³/mol. The maximum Gasteiger partial charge on any atom is 0.138 e. The molecule has 0 N–H and O–H groups in total.